The first-order valence-corrected chi connectivity index (χ1v) is 12.0. The summed E-state index contributed by atoms with van der Waals surface area (Å²) in [4.78, 5) is 0. The molecule has 0 aliphatic heterocycles. The molecule has 0 aliphatic rings. The minimum atomic E-state index is -0.404. The lowest BCUT2D eigenvalue weighted by atomic mass is 10.2. The van der Waals surface area contributed by atoms with Crippen molar-refractivity contribution in [1.82, 2.24) is 0 Å². The molecule has 3 heteroatoms. The predicted octanol–water partition coefficient (Wildman–Crippen LogP) is 7.86. The van der Waals surface area contributed by atoms with E-state index >= 15 is 0 Å². The van der Waals surface area contributed by atoms with Gasteiger partial charge >= 0.3 is 0 Å². The number of ether oxygens (including phenoxy) is 2. The lowest BCUT2D eigenvalue weighted by Crippen LogP contribution is -2.29. The summed E-state index contributed by atoms with van der Waals surface area (Å²) in [6, 6.07) is 0. The standard InChI is InChI=1S/C15H32O2.C7H17N.C2H6/c1-5-7-9-11-13-16-15(3,4)17-14-12-10-8-6-2;1-2-3-4-5-6-7-8;1-2/h5-14H2,1-4H3;2-8H2,1H3;1-2H3. The van der Waals surface area contributed by atoms with Gasteiger partial charge in [0.25, 0.3) is 0 Å². The van der Waals surface area contributed by atoms with Gasteiger partial charge in [-0.15, -0.1) is 0 Å². The van der Waals surface area contributed by atoms with Gasteiger partial charge in [0.1, 0.15) is 0 Å². The zero-order valence-electron chi connectivity index (χ0n) is 20.2. The van der Waals surface area contributed by atoms with Crippen LogP contribution in [-0.2, 0) is 9.47 Å². The summed E-state index contributed by atoms with van der Waals surface area (Å²) in [6.45, 7) is 17.2. The topological polar surface area (TPSA) is 44.5 Å². The number of hydrogen-bond acceptors (Lipinski definition) is 3. The van der Waals surface area contributed by atoms with Crippen molar-refractivity contribution in [1.29, 1.82) is 0 Å². The molecule has 0 aromatic rings. The maximum Gasteiger partial charge on any atom is 0.162 e. The fourth-order valence-corrected chi connectivity index (χ4v) is 2.48. The monoisotopic (exact) mass is 389 g/mol. The Morgan fingerprint density at radius 3 is 1.22 bits per heavy atom. The van der Waals surface area contributed by atoms with Crippen molar-refractivity contribution in [3.63, 3.8) is 0 Å². The van der Waals surface area contributed by atoms with Crippen LogP contribution in [0.5, 0.6) is 0 Å². The van der Waals surface area contributed by atoms with Gasteiger partial charge in [-0.1, -0.05) is 98.8 Å². The average molecular weight is 390 g/mol. The molecule has 0 saturated carbocycles. The maximum atomic E-state index is 5.76. The van der Waals surface area contributed by atoms with Gasteiger partial charge in [0.15, 0.2) is 5.79 Å². The van der Waals surface area contributed by atoms with E-state index in [0.29, 0.717) is 0 Å². The largest absolute Gasteiger partial charge is 0.351 e. The van der Waals surface area contributed by atoms with Gasteiger partial charge in [0.2, 0.25) is 0 Å². The number of hydrogen-bond donors (Lipinski definition) is 1. The van der Waals surface area contributed by atoms with Gasteiger partial charge in [0, 0.05) is 13.2 Å². The molecule has 3 nitrogen and oxygen atoms in total. The Morgan fingerprint density at radius 2 is 0.889 bits per heavy atom. The smallest absolute Gasteiger partial charge is 0.162 e. The highest BCUT2D eigenvalue weighted by atomic mass is 16.7. The number of unbranched alkanes of at least 4 members (excludes halogenated alkanes) is 10. The zero-order chi connectivity index (χ0) is 21.2. The molecular formula is C24H55NO2. The molecule has 0 bridgehead atoms. The summed E-state index contributed by atoms with van der Waals surface area (Å²) < 4.78 is 11.5. The Hall–Kier alpha value is -0.120. The molecule has 0 radical (unpaired) electrons. The van der Waals surface area contributed by atoms with Crippen LogP contribution < -0.4 is 5.73 Å². The molecule has 0 aromatic heterocycles. The third kappa shape index (κ3) is 33.9. The normalized spacial score (nSPS) is 10.7. The Bertz CT molecular complexity index is 210. The van der Waals surface area contributed by atoms with Crippen molar-refractivity contribution < 1.29 is 9.47 Å². The van der Waals surface area contributed by atoms with Crippen molar-refractivity contribution in [2.45, 2.75) is 138 Å². The van der Waals surface area contributed by atoms with Crippen molar-refractivity contribution in [3.8, 4) is 0 Å². The molecule has 0 aliphatic carbocycles. The van der Waals surface area contributed by atoms with Crippen LogP contribution in [0.15, 0.2) is 0 Å². The van der Waals surface area contributed by atoms with E-state index in [-0.39, 0.29) is 0 Å². The quantitative estimate of drug-likeness (QED) is 0.203. The molecule has 0 spiro atoms. The highest BCUT2D eigenvalue weighted by molar-refractivity contribution is 4.54. The van der Waals surface area contributed by atoms with Crippen molar-refractivity contribution in [2.24, 2.45) is 5.73 Å². The molecule has 0 aromatic carbocycles. The maximum absolute atomic E-state index is 5.76. The van der Waals surface area contributed by atoms with Crippen molar-refractivity contribution in [2.75, 3.05) is 19.8 Å². The summed E-state index contributed by atoms with van der Waals surface area (Å²) in [5.74, 6) is -0.404. The first kappa shape index (κ1) is 31.6. The van der Waals surface area contributed by atoms with E-state index in [0.717, 1.165) is 32.6 Å². The molecule has 0 atom stereocenters. The van der Waals surface area contributed by atoms with Crippen LogP contribution in [-0.4, -0.2) is 25.5 Å². The van der Waals surface area contributed by atoms with E-state index < -0.39 is 5.79 Å². The second-order valence-corrected chi connectivity index (χ2v) is 7.42. The van der Waals surface area contributed by atoms with Crippen LogP contribution in [0.3, 0.4) is 0 Å². The van der Waals surface area contributed by atoms with E-state index in [2.05, 4.69) is 20.8 Å². The molecule has 0 fully saturated rings. The second-order valence-electron chi connectivity index (χ2n) is 7.42. The van der Waals surface area contributed by atoms with Gasteiger partial charge in [-0.2, -0.15) is 0 Å². The van der Waals surface area contributed by atoms with Crippen LogP contribution in [0.4, 0.5) is 0 Å². The summed E-state index contributed by atoms with van der Waals surface area (Å²) in [5, 5.41) is 0. The summed E-state index contributed by atoms with van der Waals surface area (Å²) >= 11 is 0. The van der Waals surface area contributed by atoms with Crippen LogP contribution in [0.25, 0.3) is 0 Å². The summed E-state index contributed by atoms with van der Waals surface area (Å²) in [5.41, 5.74) is 5.31. The van der Waals surface area contributed by atoms with Gasteiger partial charge in [-0.25, -0.2) is 0 Å². The third-order valence-electron chi connectivity index (χ3n) is 4.20. The Labute approximate surface area is 173 Å². The third-order valence-corrected chi connectivity index (χ3v) is 4.20. The SMILES string of the molecule is CC.CCCCCCCN.CCCCCCOC(C)(C)OCCCCCC. The predicted molar refractivity (Wildman–Crippen MR) is 123 cm³/mol. The Kier molecular flexibility index (Phi) is 32.8. The number of rotatable bonds is 17. The molecule has 0 rings (SSSR count). The summed E-state index contributed by atoms with van der Waals surface area (Å²) in [7, 11) is 0. The fourth-order valence-electron chi connectivity index (χ4n) is 2.48. The molecule has 0 amide bonds. The minimum Gasteiger partial charge on any atom is -0.351 e. The first-order chi connectivity index (χ1) is 13.0. The molecule has 27 heavy (non-hydrogen) atoms. The highest BCUT2D eigenvalue weighted by Gasteiger charge is 2.17. The van der Waals surface area contributed by atoms with E-state index in [1.54, 1.807) is 0 Å². The lowest BCUT2D eigenvalue weighted by molar-refractivity contribution is -0.214. The molecule has 168 valence electrons. The van der Waals surface area contributed by atoms with Crippen molar-refractivity contribution >= 4 is 0 Å². The van der Waals surface area contributed by atoms with Gasteiger partial charge < -0.3 is 15.2 Å². The number of nitrogens with two attached hydrogens (primary N) is 1. The van der Waals surface area contributed by atoms with Crippen LogP contribution in [0, 0.1) is 0 Å². The van der Waals surface area contributed by atoms with Gasteiger partial charge in [0.05, 0.1) is 0 Å². The van der Waals surface area contributed by atoms with E-state index in [9.17, 15) is 0 Å². The van der Waals surface area contributed by atoms with Crippen LogP contribution >= 0.6 is 0 Å². The summed E-state index contributed by atoms with van der Waals surface area (Å²) in [6.07, 6.45) is 16.6. The lowest BCUT2D eigenvalue weighted by Gasteiger charge is -2.25. The van der Waals surface area contributed by atoms with E-state index in [4.69, 9.17) is 15.2 Å². The van der Waals surface area contributed by atoms with Crippen LogP contribution in [0.2, 0.25) is 0 Å². The molecular weight excluding hydrogens is 334 g/mol. The zero-order valence-corrected chi connectivity index (χ0v) is 20.2. The molecule has 0 unspecified atom stereocenters. The van der Waals surface area contributed by atoms with Crippen LogP contribution in [0.1, 0.15) is 132 Å². The van der Waals surface area contributed by atoms with E-state index in [1.165, 1.54) is 70.6 Å². The Morgan fingerprint density at radius 1 is 0.556 bits per heavy atom. The molecule has 0 heterocycles. The Balaban J connectivity index is -0.000000482. The highest BCUT2D eigenvalue weighted by Crippen LogP contribution is 2.14. The second kappa shape index (κ2) is 28.1. The minimum absolute atomic E-state index is 0.404. The average Bonchev–Trinajstić information content (AvgIpc) is 2.67. The molecule has 0 saturated heterocycles. The van der Waals surface area contributed by atoms with Gasteiger partial charge in [-0.05, 0) is 39.7 Å². The van der Waals surface area contributed by atoms with E-state index in [1.807, 2.05) is 27.7 Å². The van der Waals surface area contributed by atoms with Crippen molar-refractivity contribution in [3.05, 3.63) is 0 Å². The first-order valence-electron chi connectivity index (χ1n) is 12.0. The molecule has 2 N–H and O–H groups in total. The van der Waals surface area contributed by atoms with Gasteiger partial charge in [-0.3, -0.25) is 0 Å². The fraction of sp³-hybridized carbons (Fsp3) is 1.00.